The molecule has 2 aliphatic rings. The molecule has 6 nitrogen and oxygen atoms in total. The molecule has 0 fully saturated rings. The van der Waals surface area contributed by atoms with Crippen LogP contribution in [0.1, 0.15) is 142 Å². The number of carbonyl (C=O) groups excluding carboxylic acids is 1. The number of fused-ring (bicyclic) bond motifs is 2. The number of amides is 1. The van der Waals surface area contributed by atoms with E-state index in [2.05, 4.69) is 134 Å². The molecule has 288 valence electrons. The predicted molar refractivity (Wildman–Crippen MR) is 226 cm³/mol. The smallest absolute Gasteiger partial charge is 0.335 e. The molecule has 4 aromatic rings. The summed E-state index contributed by atoms with van der Waals surface area (Å²) in [5.74, 6) is -1.24. The van der Waals surface area contributed by atoms with Gasteiger partial charge in [0.25, 0.3) is 5.91 Å². The lowest BCUT2D eigenvalue weighted by molar-refractivity contribution is 0.0696. The second kappa shape index (κ2) is 16.1. The topological polar surface area (TPSA) is 101 Å². The van der Waals surface area contributed by atoms with E-state index in [1.807, 2.05) is 6.07 Å². The number of aromatic carboxylic acids is 1. The summed E-state index contributed by atoms with van der Waals surface area (Å²) in [5.41, 5.74) is 11.8. The molecule has 0 unspecified atom stereocenters. The van der Waals surface area contributed by atoms with Crippen molar-refractivity contribution in [1.82, 2.24) is 0 Å². The van der Waals surface area contributed by atoms with Crippen molar-refractivity contribution in [1.29, 1.82) is 0 Å². The quantitative estimate of drug-likeness (QED) is 0.198. The Morgan fingerprint density at radius 3 is 1.48 bits per heavy atom. The van der Waals surface area contributed by atoms with Crippen LogP contribution in [0.15, 0.2) is 91.0 Å². The standard InChI is InChI=1S/C23H28.C22H25NO3.C2H6O2S/c1-17(15-18-9-7-6-8-10-18)19-11-12-20-21(16-19)23(4,5)14-13-22(20,2)3;1-21(2)11-12-22(3,4)18-13-16(9-10-17(18)21)23-19(24)14-5-7-15(8-6-14)20(25)26;1-5(2,3)4/h6-12,15-16H,13-14H2,1-5H3;5-10,13H,11-12H2,1-4H3,(H,23,24)(H,25,26);1-2H3/b17-15+;;. The lowest BCUT2D eigenvalue weighted by atomic mass is 9.63. The number of carbonyl (C=O) groups is 2. The van der Waals surface area contributed by atoms with Gasteiger partial charge in [0, 0.05) is 23.8 Å². The van der Waals surface area contributed by atoms with Crippen molar-refractivity contribution in [2.24, 2.45) is 0 Å². The van der Waals surface area contributed by atoms with E-state index in [9.17, 15) is 18.0 Å². The van der Waals surface area contributed by atoms with Crippen LogP contribution in [0.25, 0.3) is 11.6 Å². The first-order chi connectivity index (χ1) is 24.9. The van der Waals surface area contributed by atoms with Crippen molar-refractivity contribution in [3.05, 3.63) is 136 Å². The second-order valence-corrected chi connectivity index (χ2v) is 20.1. The summed E-state index contributed by atoms with van der Waals surface area (Å²) in [7, 11) is -2.67. The molecule has 2 N–H and O–H groups in total. The summed E-state index contributed by atoms with van der Waals surface area (Å²) in [6, 6.07) is 29.8. The fourth-order valence-electron chi connectivity index (χ4n) is 7.35. The highest BCUT2D eigenvalue weighted by atomic mass is 32.2. The van der Waals surface area contributed by atoms with E-state index in [-0.39, 0.29) is 27.7 Å². The van der Waals surface area contributed by atoms with Gasteiger partial charge in [-0.3, -0.25) is 4.79 Å². The first-order valence-electron chi connectivity index (χ1n) is 18.7. The van der Waals surface area contributed by atoms with Gasteiger partial charge in [-0.2, -0.15) is 0 Å². The molecule has 0 aliphatic heterocycles. The molecule has 0 aromatic heterocycles. The molecule has 0 spiro atoms. The fourth-order valence-corrected chi connectivity index (χ4v) is 7.35. The molecule has 1 amide bonds. The van der Waals surface area contributed by atoms with E-state index >= 15 is 0 Å². The van der Waals surface area contributed by atoms with E-state index in [0.717, 1.165) is 31.0 Å². The Labute approximate surface area is 324 Å². The van der Waals surface area contributed by atoms with Crippen molar-refractivity contribution in [3.63, 3.8) is 0 Å². The summed E-state index contributed by atoms with van der Waals surface area (Å²) in [6.07, 6.45) is 9.39. The molecule has 6 rings (SSSR count). The normalized spacial score (nSPS) is 17.6. The monoisotopic (exact) mass is 749 g/mol. The number of rotatable bonds is 5. The Morgan fingerprint density at radius 1 is 0.593 bits per heavy atom. The second-order valence-electron chi connectivity index (χ2n) is 17.8. The van der Waals surface area contributed by atoms with Crippen molar-refractivity contribution in [2.75, 3.05) is 17.8 Å². The summed E-state index contributed by atoms with van der Waals surface area (Å²) in [5, 5.41) is 11.9. The van der Waals surface area contributed by atoms with Gasteiger partial charge in [-0.25, -0.2) is 13.2 Å². The van der Waals surface area contributed by atoms with Crippen LogP contribution in [-0.2, 0) is 31.5 Å². The average molecular weight is 750 g/mol. The van der Waals surface area contributed by atoms with Gasteiger partial charge in [0.1, 0.15) is 9.84 Å². The summed E-state index contributed by atoms with van der Waals surface area (Å²) in [6.45, 7) is 20.8. The number of hydrogen-bond donors (Lipinski definition) is 2. The predicted octanol–water partition coefficient (Wildman–Crippen LogP) is 11.2. The summed E-state index contributed by atoms with van der Waals surface area (Å²) < 4.78 is 19.3. The number of carboxylic acids is 1. The number of benzene rings is 4. The third-order valence-electron chi connectivity index (χ3n) is 11.0. The number of hydrogen-bond acceptors (Lipinski definition) is 4. The Morgan fingerprint density at radius 2 is 1.00 bits per heavy atom. The zero-order chi connectivity index (χ0) is 40.3. The third-order valence-corrected chi connectivity index (χ3v) is 11.0. The molecule has 2 aliphatic carbocycles. The van der Waals surface area contributed by atoms with Crippen molar-refractivity contribution < 1.29 is 23.1 Å². The fraction of sp³-hybridized carbons (Fsp3) is 0.404. The van der Waals surface area contributed by atoms with Crippen molar-refractivity contribution >= 4 is 39.1 Å². The van der Waals surface area contributed by atoms with E-state index in [1.54, 1.807) is 0 Å². The van der Waals surface area contributed by atoms with Gasteiger partial charge in [0.15, 0.2) is 0 Å². The van der Waals surface area contributed by atoms with Crippen LogP contribution in [-0.4, -0.2) is 37.9 Å². The number of anilines is 1. The van der Waals surface area contributed by atoms with E-state index in [0.29, 0.717) is 11.0 Å². The zero-order valence-electron chi connectivity index (χ0n) is 34.1. The van der Waals surface area contributed by atoms with Crippen LogP contribution in [0.5, 0.6) is 0 Å². The van der Waals surface area contributed by atoms with Gasteiger partial charge < -0.3 is 10.4 Å². The summed E-state index contributed by atoms with van der Waals surface area (Å²) in [4.78, 5) is 23.4. The van der Waals surface area contributed by atoms with Crippen LogP contribution in [0, 0.1) is 0 Å². The third kappa shape index (κ3) is 10.8. The largest absolute Gasteiger partial charge is 0.478 e. The molecular formula is C47H59NO5S. The molecule has 4 aromatic carbocycles. The van der Waals surface area contributed by atoms with Gasteiger partial charge in [0.2, 0.25) is 0 Å². The van der Waals surface area contributed by atoms with Gasteiger partial charge in [-0.05, 0) is 130 Å². The SMILES string of the molecule is C/C(=C\c1ccccc1)c1ccc2c(c1)C(C)(C)CCC2(C)C.CC1(C)CCC(C)(C)c2cc(NC(=O)c3ccc(C(=O)O)cc3)ccc21.CS(C)(=O)=O. The van der Waals surface area contributed by atoms with Crippen LogP contribution in [0.3, 0.4) is 0 Å². The van der Waals surface area contributed by atoms with E-state index in [4.69, 9.17) is 5.11 Å². The van der Waals surface area contributed by atoms with E-state index in [1.165, 1.54) is 76.1 Å². The highest BCUT2D eigenvalue weighted by Gasteiger charge is 2.38. The van der Waals surface area contributed by atoms with Crippen LogP contribution >= 0.6 is 0 Å². The molecule has 0 atom stereocenters. The minimum absolute atomic E-state index is 0.0781. The average Bonchev–Trinajstić information content (AvgIpc) is 3.09. The lowest BCUT2D eigenvalue weighted by Crippen LogP contribution is -2.33. The molecule has 0 saturated carbocycles. The van der Waals surface area contributed by atoms with Crippen LogP contribution in [0.2, 0.25) is 0 Å². The Kier molecular flexibility index (Phi) is 12.6. The first kappa shape index (κ1) is 42.3. The molecule has 0 radical (unpaired) electrons. The van der Waals surface area contributed by atoms with E-state index < -0.39 is 15.8 Å². The maximum Gasteiger partial charge on any atom is 0.335 e. The maximum atomic E-state index is 12.5. The molecule has 0 heterocycles. The lowest BCUT2D eigenvalue weighted by Gasteiger charge is -2.42. The minimum Gasteiger partial charge on any atom is -0.478 e. The zero-order valence-corrected chi connectivity index (χ0v) is 34.9. The molecule has 0 bridgehead atoms. The van der Waals surface area contributed by atoms with Gasteiger partial charge >= 0.3 is 5.97 Å². The van der Waals surface area contributed by atoms with Gasteiger partial charge in [0.05, 0.1) is 5.56 Å². The number of allylic oxidation sites excluding steroid dienone is 1. The highest BCUT2D eigenvalue weighted by Crippen LogP contribution is 2.47. The Hall–Kier alpha value is -4.49. The first-order valence-corrected chi connectivity index (χ1v) is 21.0. The van der Waals surface area contributed by atoms with Crippen molar-refractivity contribution in [3.8, 4) is 0 Å². The molecule has 0 saturated heterocycles. The number of nitrogens with one attached hydrogen (secondary N) is 1. The van der Waals surface area contributed by atoms with Gasteiger partial charge in [-0.15, -0.1) is 0 Å². The Bertz CT molecular complexity index is 2110. The van der Waals surface area contributed by atoms with Gasteiger partial charge in [-0.1, -0.05) is 116 Å². The van der Waals surface area contributed by atoms with Crippen LogP contribution in [0.4, 0.5) is 5.69 Å². The molecule has 54 heavy (non-hydrogen) atoms. The number of sulfone groups is 1. The van der Waals surface area contributed by atoms with Crippen LogP contribution < -0.4 is 5.32 Å². The van der Waals surface area contributed by atoms with Crippen molar-refractivity contribution in [2.45, 2.75) is 110 Å². The summed E-state index contributed by atoms with van der Waals surface area (Å²) >= 11 is 0. The number of carboxylic acid groups (broad SMARTS) is 1. The minimum atomic E-state index is -2.67. The molecule has 7 heteroatoms. The Balaban J connectivity index is 0.000000215. The maximum absolute atomic E-state index is 12.5. The highest BCUT2D eigenvalue weighted by molar-refractivity contribution is 7.89. The molecular weight excluding hydrogens is 691 g/mol.